The third-order valence-corrected chi connectivity index (χ3v) is 4.04. The molecule has 1 aromatic heterocycles. The second-order valence-electron chi connectivity index (χ2n) is 5.65. The summed E-state index contributed by atoms with van der Waals surface area (Å²) < 4.78 is 0. The summed E-state index contributed by atoms with van der Waals surface area (Å²) in [6.07, 6.45) is 1.02. The van der Waals surface area contributed by atoms with Gasteiger partial charge in [-0.25, -0.2) is 0 Å². The number of nitrogens with one attached hydrogen (secondary N) is 1. The van der Waals surface area contributed by atoms with Crippen LogP contribution in [0.25, 0.3) is 22.2 Å². The fourth-order valence-electron chi connectivity index (χ4n) is 2.85. The third-order valence-electron chi connectivity index (χ3n) is 4.04. The molecule has 3 rings (SSSR count). The number of carbonyl (C=O) groups is 1. The van der Waals surface area contributed by atoms with Crippen LogP contribution in [0.2, 0.25) is 0 Å². The van der Waals surface area contributed by atoms with Crippen LogP contribution in [0.1, 0.15) is 23.6 Å². The summed E-state index contributed by atoms with van der Waals surface area (Å²) in [4.78, 5) is 14.7. The molecule has 0 atom stereocenters. The zero-order chi connectivity index (χ0) is 15.7. The highest BCUT2D eigenvalue weighted by Crippen LogP contribution is 2.31. The molecule has 0 aliphatic rings. The lowest BCUT2D eigenvalue weighted by molar-refractivity contribution is -0.136. The Hall–Kier alpha value is -2.55. The van der Waals surface area contributed by atoms with Crippen LogP contribution in [-0.4, -0.2) is 16.1 Å². The summed E-state index contributed by atoms with van der Waals surface area (Å²) in [5.41, 5.74) is 6.18. The summed E-state index contributed by atoms with van der Waals surface area (Å²) in [6, 6.07) is 14.4. The molecule has 0 amide bonds. The molecule has 0 aliphatic carbocycles. The largest absolute Gasteiger partial charge is 0.481 e. The van der Waals surface area contributed by atoms with Gasteiger partial charge in [-0.3, -0.25) is 4.79 Å². The zero-order valence-corrected chi connectivity index (χ0v) is 12.8. The molecule has 1 heterocycles. The van der Waals surface area contributed by atoms with Crippen molar-refractivity contribution >= 4 is 16.9 Å². The zero-order valence-electron chi connectivity index (χ0n) is 12.8. The van der Waals surface area contributed by atoms with Crippen LogP contribution in [0.15, 0.2) is 42.5 Å². The van der Waals surface area contributed by atoms with Gasteiger partial charge in [0.15, 0.2) is 0 Å². The van der Waals surface area contributed by atoms with E-state index in [2.05, 4.69) is 36.2 Å². The van der Waals surface area contributed by atoms with Crippen LogP contribution in [-0.2, 0) is 17.6 Å². The number of H-pyrrole nitrogens is 1. The highest BCUT2D eigenvalue weighted by Gasteiger charge is 2.15. The van der Waals surface area contributed by atoms with Crippen molar-refractivity contribution in [1.29, 1.82) is 0 Å². The molecule has 2 N–H and O–H groups in total. The van der Waals surface area contributed by atoms with Gasteiger partial charge in [-0.1, -0.05) is 42.8 Å². The fourth-order valence-corrected chi connectivity index (χ4v) is 2.85. The van der Waals surface area contributed by atoms with E-state index in [4.69, 9.17) is 0 Å². The van der Waals surface area contributed by atoms with Gasteiger partial charge in [0.1, 0.15) is 0 Å². The van der Waals surface area contributed by atoms with Crippen LogP contribution in [0.3, 0.4) is 0 Å². The van der Waals surface area contributed by atoms with Gasteiger partial charge in [0.2, 0.25) is 0 Å². The number of rotatable bonds is 4. The molecule has 3 aromatic rings. The third kappa shape index (κ3) is 2.62. The van der Waals surface area contributed by atoms with E-state index in [1.807, 2.05) is 25.1 Å². The highest BCUT2D eigenvalue weighted by molar-refractivity contribution is 5.94. The van der Waals surface area contributed by atoms with Crippen molar-refractivity contribution in [3.8, 4) is 11.3 Å². The first-order chi connectivity index (χ1) is 10.6. The summed E-state index contributed by atoms with van der Waals surface area (Å²) in [7, 11) is 0. The average Bonchev–Trinajstić information content (AvgIpc) is 2.85. The maximum Gasteiger partial charge on any atom is 0.307 e. The van der Waals surface area contributed by atoms with Crippen molar-refractivity contribution in [2.24, 2.45) is 0 Å². The van der Waals surface area contributed by atoms with Crippen molar-refractivity contribution in [1.82, 2.24) is 4.98 Å². The molecule has 0 unspecified atom stereocenters. The van der Waals surface area contributed by atoms with Crippen molar-refractivity contribution in [3.05, 3.63) is 59.2 Å². The normalized spacial score (nSPS) is 11.0. The molecule has 3 heteroatoms. The Morgan fingerprint density at radius 1 is 1.14 bits per heavy atom. The molecule has 22 heavy (non-hydrogen) atoms. The molecule has 0 saturated heterocycles. The second kappa shape index (κ2) is 5.68. The maximum absolute atomic E-state index is 11.3. The molecule has 0 fully saturated rings. The molecule has 3 nitrogen and oxygen atoms in total. The first-order valence-electron chi connectivity index (χ1n) is 7.50. The summed E-state index contributed by atoms with van der Waals surface area (Å²) in [5, 5.41) is 10.3. The standard InChI is InChI=1S/C19H19NO2/c1-3-13-5-7-14(8-6-13)19-16(11-18(21)22)15-10-12(2)4-9-17(15)20-19/h4-10,20H,3,11H2,1-2H3,(H,21,22). The lowest BCUT2D eigenvalue weighted by Crippen LogP contribution is -2.01. The Labute approximate surface area is 129 Å². The molecule has 0 aliphatic heterocycles. The maximum atomic E-state index is 11.3. The molecule has 0 saturated carbocycles. The van der Waals surface area contributed by atoms with Crippen molar-refractivity contribution < 1.29 is 9.90 Å². The number of aryl methyl sites for hydroxylation is 2. The lowest BCUT2D eigenvalue weighted by Gasteiger charge is -2.04. The quantitative estimate of drug-likeness (QED) is 0.752. The number of aliphatic carboxylic acids is 1. The predicted molar refractivity (Wildman–Crippen MR) is 89.2 cm³/mol. The average molecular weight is 293 g/mol. The van der Waals surface area contributed by atoms with E-state index in [1.54, 1.807) is 0 Å². The van der Waals surface area contributed by atoms with Crippen LogP contribution < -0.4 is 0 Å². The summed E-state index contributed by atoms with van der Waals surface area (Å²) >= 11 is 0. The number of hydrogen-bond acceptors (Lipinski definition) is 1. The van der Waals surface area contributed by atoms with Crippen molar-refractivity contribution in [2.45, 2.75) is 26.7 Å². The van der Waals surface area contributed by atoms with Gasteiger partial charge in [0.05, 0.1) is 12.1 Å². The van der Waals surface area contributed by atoms with Crippen molar-refractivity contribution in [2.75, 3.05) is 0 Å². The SMILES string of the molecule is CCc1ccc(-c2[nH]c3ccc(C)cc3c2CC(=O)O)cc1. The Balaban J connectivity index is 2.20. The molecule has 0 spiro atoms. The fraction of sp³-hybridized carbons (Fsp3) is 0.211. The van der Waals surface area contributed by atoms with E-state index in [-0.39, 0.29) is 6.42 Å². The lowest BCUT2D eigenvalue weighted by atomic mass is 10.0. The van der Waals surface area contributed by atoms with E-state index in [1.165, 1.54) is 5.56 Å². The van der Waals surface area contributed by atoms with Crippen LogP contribution in [0.4, 0.5) is 0 Å². The van der Waals surface area contributed by atoms with Gasteiger partial charge in [-0.15, -0.1) is 0 Å². The minimum absolute atomic E-state index is 0.0221. The number of carboxylic acids is 1. The molecule has 0 radical (unpaired) electrons. The smallest absolute Gasteiger partial charge is 0.307 e. The second-order valence-corrected chi connectivity index (χ2v) is 5.65. The van der Waals surface area contributed by atoms with E-state index >= 15 is 0 Å². The van der Waals surface area contributed by atoms with Gasteiger partial charge < -0.3 is 10.1 Å². The highest BCUT2D eigenvalue weighted by atomic mass is 16.4. The van der Waals surface area contributed by atoms with Crippen LogP contribution in [0, 0.1) is 6.92 Å². The Morgan fingerprint density at radius 2 is 1.86 bits per heavy atom. The molecular formula is C19H19NO2. The molecular weight excluding hydrogens is 274 g/mol. The number of aromatic nitrogens is 1. The van der Waals surface area contributed by atoms with Crippen molar-refractivity contribution in [3.63, 3.8) is 0 Å². The Bertz CT molecular complexity index is 829. The van der Waals surface area contributed by atoms with E-state index in [9.17, 15) is 9.90 Å². The summed E-state index contributed by atoms with van der Waals surface area (Å²) in [5.74, 6) is -0.811. The minimum atomic E-state index is -0.811. The summed E-state index contributed by atoms with van der Waals surface area (Å²) in [6.45, 7) is 4.14. The van der Waals surface area contributed by atoms with E-state index in [0.717, 1.165) is 39.7 Å². The first-order valence-corrected chi connectivity index (χ1v) is 7.50. The van der Waals surface area contributed by atoms with Crippen LogP contribution in [0.5, 0.6) is 0 Å². The van der Waals surface area contributed by atoms with Gasteiger partial charge in [-0.2, -0.15) is 0 Å². The van der Waals surface area contributed by atoms with E-state index in [0.29, 0.717) is 0 Å². The van der Waals surface area contributed by atoms with Crippen LogP contribution >= 0.6 is 0 Å². The number of carboxylic acid groups (broad SMARTS) is 1. The number of benzene rings is 2. The minimum Gasteiger partial charge on any atom is -0.481 e. The number of fused-ring (bicyclic) bond motifs is 1. The number of aromatic amines is 1. The van der Waals surface area contributed by atoms with E-state index < -0.39 is 5.97 Å². The predicted octanol–water partition coefficient (Wildman–Crippen LogP) is 4.33. The number of hydrogen-bond donors (Lipinski definition) is 2. The molecule has 2 aromatic carbocycles. The Morgan fingerprint density at radius 3 is 2.50 bits per heavy atom. The topological polar surface area (TPSA) is 53.1 Å². The van der Waals surface area contributed by atoms with Gasteiger partial charge in [0, 0.05) is 10.9 Å². The molecule has 0 bridgehead atoms. The monoisotopic (exact) mass is 293 g/mol. The Kier molecular flexibility index (Phi) is 3.72. The van der Waals surface area contributed by atoms with Gasteiger partial charge in [0.25, 0.3) is 0 Å². The van der Waals surface area contributed by atoms with Gasteiger partial charge in [-0.05, 0) is 42.2 Å². The van der Waals surface area contributed by atoms with Gasteiger partial charge >= 0.3 is 5.97 Å². The first kappa shape index (κ1) is 14.4. The molecule has 112 valence electrons.